The third kappa shape index (κ3) is 3.79. The zero-order valence-corrected chi connectivity index (χ0v) is 13.2. The van der Waals surface area contributed by atoms with Gasteiger partial charge in [0.1, 0.15) is 0 Å². The molecule has 0 radical (unpaired) electrons. The molecule has 6 nitrogen and oxygen atoms in total. The summed E-state index contributed by atoms with van der Waals surface area (Å²) in [5.74, 6) is 0.963. The molecule has 124 valence electrons. The van der Waals surface area contributed by atoms with Crippen molar-refractivity contribution in [2.75, 3.05) is 19.6 Å². The predicted molar refractivity (Wildman–Crippen MR) is 84.2 cm³/mol. The molecule has 3 amide bonds. The first-order valence-electron chi connectivity index (χ1n) is 8.70. The number of hydrogen-bond donors (Lipinski definition) is 3. The second-order valence-electron chi connectivity index (χ2n) is 7.22. The maximum absolute atomic E-state index is 12.0. The van der Waals surface area contributed by atoms with E-state index in [1.807, 2.05) is 0 Å². The summed E-state index contributed by atoms with van der Waals surface area (Å²) in [6, 6.07) is 0.173. The molecular formula is C16H28N4O2. The third-order valence-corrected chi connectivity index (χ3v) is 5.55. The first-order chi connectivity index (χ1) is 10.6. The van der Waals surface area contributed by atoms with Crippen LogP contribution >= 0.6 is 0 Å². The van der Waals surface area contributed by atoms with Crippen LogP contribution in [0.25, 0.3) is 0 Å². The topological polar surface area (TPSA) is 87.5 Å². The van der Waals surface area contributed by atoms with Crippen molar-refractivity contribution in [1.29, 1.82) is 0 Å². The molecular weight excluding hydrogens is 280 g/mol. The number of amides is 3. The van der Waals surface area contributed by atoms with Crippen molar-refractivity contribution >= 4 is 11.9 Å². The Morgan fingerprint density at radius 1 is 1.05 bits per heavy atom. The van der Waals surface area contributed by atoms with Crippen LogP contribution in [0.2, 0.25) is 0 Å². The second kappa shape index (κ2) is 6.96. The molecule has 0 bridgehead atoms. The number of nitrogens with one attached hydrogen (secondary N) is 2. The van der Waals surface area contributed by atoms with Crippen LogP contribution in [0.3, 0.4) is 0 Å². The van der Waals surface area contributed by atoms with Gasteiger partial charge in [0.15, 0.2) is 0 Å². The highest BCUT2D eigenvalue weighted by Gasteiger charge is 2.41. The Kier molecular flexibility index (Phi) is 4.98. The zero-order valence-electron chi connectivity index (χ0n) is 13.2. The highest BCUT2D eigenvalue weighted by molar-refractivity contribution is 5.95. The first-order valence-corrected chi connectivity index (χ1v) is 8.70. The summed E-state index contributed by atoms with van der Waals surface area (Å²) in [4.78, 5) is 26.0. The van der Waals surface area contributed by atoms with Crippen LogP contribution in [-0.2, 0) is 4.79 Å². The standard InChI is InChI=1S/C16H28N4O2/c17-14-7-6-11-8-20(9-13(11)14)10-15(21)19-16(22)18-12-4-2-1-3-5-12/h11-14H,1-10,17H2,(H2,18,19,21,22). The van der Waals surface area contributed by atoms with Crippen molar-refractivity contribution in [2.24, 2.45) is 17.6 Å². The minimum Gasteiger partial charge on any atom is -0.335 e. The maximum Gasteiger partial charge on any atom is 0.321 e. The van der Waals surface area contributed by atoms with E-state index in [1.54, 1.807) is 0 Å². The molecule has 0 spiro atoms. The lowest BCUT2D eigenvalue weighted by molar-refractivity contribution is -0.121. The molecule has 22 heavy (non-hydrogen) atoms. The van der Waals surface area contributed by atoms with Gasteiger partial charge in [0.25, 0.3) is 0 Å². The van der Waals surface area contributed by atoms with E-state index in [2.05, 4.69) is 15.5 Å². The van der Waals surface area contributed by atoms with Gasteiger partial charge in [0, 0.05) is 25.2 Å². The fourth-order valence-electron chi connectivity index (χ4n) is 4.37. The largest absolute Gasteiger partial charge is 0.335 e. The molecule has 3 atom stereocenters. The van der Waals surface area contributed by atoms with Crippen molar-refractivity contribution < 1.29 is 9.59 Å². The average molecular weight is 308 g/mol. The van der Waals surface area contributed by atoms with Gasteiger partial charge < -0.3 is 11.1 Å². The lowest BCUT2D eigenvalue weighted by Crippen LogP contribution is -2.48. The fraction of sp³-hybridized carbons (Fsp3) is 0.875. The van der Waals surface area contributed by atoms with E-state index in [0.29, 0.717) is 18.4 Å². The van der Waals surface area contributed by atoms with E-state index in [4.69, 9.17) is 5.73 Å². The molecule has 0 aromatic heterocycles. The Labute approximate surface area is 132 Å². The molecule has 2 aliphatic carbocycles. The van der Waals surface area contributed by atoms with Gasteiger partial charge in [-0.25, -0.2) is 4.79 Å². The van der Waals surface area contributed by atoms with Crippen molar-refractivity contribution in [2.45, 2.75) is 57.0 Å². The van der Waals surface area contributed by atoms with Gasteiger partial charge in [0.05, 0.1) is 6.54 Å². The predicted octanol–water partition coefficient (Wildman–Crippen LogP) is 0.814. The summed E-state index contributed by atoms with van der Waals surface area (Å²) in [5.41, 5.74) is 6.11. The van der Waals surface area contributed by atoms with Crippen LogP contribution < -0.4 is 16.4 Å². The lowest BCUT2D eigenvalue weighted by Gasteiger charge is -2.23. The molecule has 1 saturated heterocycles. The Morgan fingerprint density at radius 3 is 2.55 bits per heavy atom. The number of imide groups is 1. The van der Waals surface area contributed by atoms with E-state index in [-0.39, 0.29) is 24.0 Å². The van der Waals surface area contributed by atoms with E-state index < -0.39 is 0 Å². The SMILES string of the molecule is NC1CCC2CN(CC(=O)NC(=O)NC3CCCCC3)CC12. The zero-order chi connectivity index (χ0) is 15.5. The average Bonchev–Trinajstić information content (AvgIpc) is 3.02. The second-order valence-corrected chi connectivity index (χ2v) is 7.22. The summed E-state index contributed by atoms with van der Waals surface area (Å²) in [7, 11) is 0. The number of hydrogen-bond acceptors (Lipinski definition) is 4. The normalized spacial score (nSPS) is 32.7. The van der Waals surface area contributed by atoms with E-state index in [9.17, 15) is 9.59 Å². The number of nitrogens with two attached hydrogens (primary N) is 1. The number of carbonyl (C=O) groups excluding carboxylic acids is 2. The number of nitrogens with zero attached hydrogens (tertiary/aromatic N) is 1. The third-order valence-electron chi connectivity index (χ3n) is 5.55. The van der Waals surface area contributed by atoms with Crippen LogP contribution in [0.1, 0.15) is 44.9 Å². The lowest BCUT2D eigenvalue weighted by atomic mass is 9.96. The van der Waals surface area contributed by atoms with Gasteiger partial charge in [-0.2, -0.15) is 0 Å². The molecule has 4 N–H and O–H groups in total. The molecule has 3 unspecified atom stereocenters. The van der Waals surface area contributed by atoms with Gasteiger partial charge in [-0.15, -0.1) is 0 Å². The first kappa shape index (κ1) is 15.7. The molecule has 0 aromatic carbocycles. The van der Waals surface area contributed by atoms with E-state index in [1.165, 1.54) is 12.8 Å². The van der Waals surface area contributed by atoms with Crippen molar-refractivity contribution in [1.82, 2.24) is 15.5 Å². The molecule has 1 heterocycles. The van der Waals surface area contributed by atoms with Crippen molar-refractivity contribution in [3.63, 3.8) is 0 Å². The van der Waals surface area contributed by atoms with Crippen LogP contribution in [0.5, 0.6) is 0 Å². The van der Waals surface area contributed by atoms with Crippen LogP contribution in [0, 0.1) is 11.8 Å². The van der Waals surface area contributed by atoms with E-state index >= 15 is 0 Å². The monoisotopic (exact) mass is 308 g/mol. The van der Waals surface area contributed by atoms with Gasteiger partial charge in [-0.1, -0.05) is 19.3 Å². The van der Waals surface area contributed by atoms with E-state index in [0.717, 1.165) is 45.2 Å². The summed E-state index contributed by atoms with van der Waals surface area (Å²) >= 11 is 0. The molecule has 1 aliphatic heterocycles. The molecule has 3 fully saturated rings. The maximum atomic E-state index is 12.0. The van der Waals surface area contributed by atoms with Crippen molar-refractivity contribution in [3.05, 3.63) is 0 Å². The van der Waals surface area contributed by atoms with Crippen molar-refractivity contribution in [3.8, 4) is 0 Å². The van der Waals surface area contributed by atoms with Gasteiger partial charge in [-0.05, 0) is 37.5 Å². The smallest absolute Gasteiger partial charge is 0.321 e. The highest BCUT2D eigenvalue weighted by Crippen LogP contribution is 2.36. The molecule has 3 rings (SSSR count). The Bertz CT molecular complexity index is 422. The summed E-state index contributed by atoms with van der Waals surface area (Å²) in [6.07, 6.45) is 7.90. The molecule has 6 heteroatoms. The summed E-state index contributed by atoms with van der Waals surface area (Å²) in [5, 5.41) is 5.38. The Hall–Kier alpha value is -1.14. The minimum atomic E-state index is -0.340. The van der Waals surface area contributed by atoms with Gasteiger partial charge in [-0.3, -0.25) is 15.0 Å². The highest BCUT2D eigenvalue weighted by atomic mass is 16.2. The number of fused-ring (bicyclic) bond motifs is 1. The Balaban J connectivity index is 1.38. The Morgan fingerprint density at radius 2 is 1.82 bits per heavy atom. The van der Waals surface area contributed by atoms with Gasteiger partial charge >= 0.3 is 6.03 Å². The number of carbonyl (C=O) groups is 2. The fourth-order valence-corrected chi connectivity index (χ4v) is 4.37. The van der Waals surface area contributed by atoms with Crippen LogP contribution in [0.15, 0.2) is 0 Å². The van der Waals surface area contributed by atoms with Crippen LogP contribution in [-0.4, -0.2) is 48.6 Å². The van der Waals surface area contributed by atoms with Gasteiger partial charge in [0.2, 0.25) is 5.91 Å². The number of rotatable bonds is 3. The summed E-state index contributed by atoms with van der Waals surface area (Å²) < 4.78 is 0. The number of likely N-dealkylation sites (tertiary alicyclic amines) is 1. The van der Waals surface area contributed by atoms with Crippen LogP contribution in [0.4, 0.5) is 4.79 Å². The molecule has 3 aliphatic rings. The summed E-state index contributed by atoms with van der Waals surface area (Å²) in [6.45, 7) is 2.14. The molecule has 0 aromatic rings. The minimum absolute atomic E-state index is 0.207. The molecule has 2 saturated carbocycles. The quantitative estimate of drug-likeness (QED) is 0.720. The number of urea groups is 1.